The molecule has 0 amide bonds. The summed E-state index contributed by atoms with van der Waals surface area (Å²) >= 11 is 0. The SMILES string of the molecule is CCCCC/C=C\C=C\[C@H](CCCCCCCC(=O)O[C@H]1CC[C@@]2(C)C(=CC[C@H]3[C@H]4CC[C@@H]([C@@H](C)CCCC(C)C)[C@@]4(C)CC[C@@H]32)C1)OO. The van der Waals surface area contributed by atoms with Gasteiger partial charge in [-0.25, -0.2) is 4.89 Å². The molecule has 0 saturated heterocycles. The van der Waals surface area contributed by atoms with Gasteiger partial charge in [-0.05, 0) is 117 Å². The fourth-order valence-corrected chi connectivity index (χ4v) is 11.2. The Kier molecular flexibility index (Phi) is 16.5. The van der Waals surface area contributed by atoms with E-state index >= 15 is 0 Å². The Hall–Kier alpha value is -1.39. The van der Waals surface area contributed by atoms with Gasteiger partial charge in [0.05, 0.1) is 0 Å². The van der Waals surface area contributed by atoms with Gasteiger partial charge >= 0.3 is 5.97 Å². The molecule has 0 bridgehead atoms. The highest BCUT2D eigenvalue weighted by Crippen LogP contribution is 2.67. The Morgan fingerprint density at radius 3 is 2.47 bits per heavy atom. The first-order valence-corrected chi connectivity index (χ1v) is 21.1. The second kappa shape index (κ2) is 20.0. The number of fused-ring (bicyclic) bond motifs is 5. The first kappa shape index (κ1) is 40.4. The standard InChI is InChI=1S/C45H76O4/c1-7-8-9-10-11-13-16-22-37(49-47)23-17-14-12-15-18-24-43(46)48-38-29-31-44(5)36(33-38)25-26-39-41-28-27-40(35(4)21-19-20-34(2)3)45(41,6)32-30-42(39)44/h11,13,16,22,25,34-35,37-42,47H,7-10,12,14-15,17-21,23-24,26-33H2,1-6H3/b13-11-,22-16+/t35-,37+,38-,39-,40-,41+,42-,44-,45+/m0/s1. The predicted molar refractivity (Wildman–Crippen MR) is 205 cm³/mol. The van der Waals surface area contributed by atoms with Gasteiger partial charge in [-0.3, -0.25) is 10.1 Å². The molecule has 1 N–H and O–H groups in total. The van der Waals surface area contributed by atoms with Gasteiger partial charge in [0.2, 0.25) is 0 Å². The maximum absolute atomic E-state index is 12.8. The van der Waals surface area contributed by atoms with Crippen molar-refractivity contribution in [1.82, 2.24) is 0 Å². The van der Waals surface area contributed by atoms with Crippen molar-refractivity contribution in [3.05, 3.63) is 36.0 Å². The van der Waals surface area contributed by atoms with Crippen LogP contribution in [0.15, 0.2) is 36.0 Å². The van der Waals surface area contributed by atoms with Crippen molar-refractivity contribution in [1.29, 1.82) is 0 Å². The van der Waals surface area contributed by atoms with Crippen LogP contribution in [0.5, 0.6) is 0 Å². The lowest BCUT2D eigenvalue weighted by Gasteiger charge is -2.58. The van der Waals surface area contributed by atoms with Crippen LogP contribution in [0, 0.1) is 46.3 Å². The lowest BCUT2D eigenvalue weighted by Crippen LogP contribution is -2.51. The highest BCUT2D eigenvalue weighted by atomic mass is 17.1. The van der Waals surface area contributed by atoms with E-state index in [0.29, 0.717) is 17.3 Å². The van der Waals surface area contributed by atoms with Gasteiger partial charge in [-0.1, -0.05) is 135 Å². The second-order valence-electron chi connectivity index (χ2n) is 17.9. The van der Waals surface area contributed by atoms with Crippen LogP contribution >= 0.6 is 0 Å². The van der Waals surface area contributed by atoms with Crippen LogP contribution in [0.25, 0.3) is 0 Å². The minimum Gasteiger partial charge on any atom is -0.462 e. The largest absolute Gasteiger partial charge is 0.462 e. The number of hydrogen-bond donors (Lipinski definition) is 1. The number of rotatable bonds is 21. The molecule has 3 saturated carbocycles. The van der Waals surface area contributed by atoms with Crippen LogP contribution in [0.2, 0.25) is 0 Å². The molecule has 0 aromatic rings. The Balaban J connectivity index is 1.14. The van der Waals surface area contributed by atoms with E-state index in [1.165, 1.54) is 77.0 Å². The highest BCUT2D eigenvalue weighted by molar-refractivity contribution is 5.69. The fourth-order valence-electron chi connectivity index (χ4n) is 11.2. The van der Waals surface area contributed by atoms with Crippen LogP contribution in [0.3, 0.4) is 0 Å². The smallest absolute Gasteiger partial charge is 0.306 e. The Morgan fingerprint density at radius 1 is 0.898 bits per heavy atom. The first-order valence-electron chi connectivity index (χ1n) is 21.1. The first-order chi connectivity index (χ1) is 23.6. The van der Waals surface area contributed by atoms with Crippen molar-refractivity contribution in [3.8, 4) is 0 Å². The molecule has 4 nitrogen and oxygen atoms in total. The summed E-state index contributed by atoms with van der Waals surface area (Å²) in [7, 11) is 0. The summed E-state index contributed by atoms with van der Waals surface area (Å²) in [4.78, 5) is 17.5. The van der Waals surface area contributed by atoms with E-state index < -0.39 is 0 Å². The number of ether oxygens (including phenoxy) is 1. The summed E-state index contributed by atoms with van der Waals surface area (Å²) in [5.41, 5.74) is 2.45. The summed E-state index contributed by atoms with van der Waals surface area (Å²) in [6, 6.07) is 0. The predicted octanol–water partition coefficient (Wildman–Crippen LogP) is 13.2. The van der Waals surface area contributed by atoms with Crippen LogP contribution < -0.4 is 0 Å². The number of carbonyl (C=O) groups is 1. The molecule has 4 aliphatic carbocycles. The van der Waals surface area contributed by atoms with Crippen molar-refractivity contribution in [2.45, 2.75) is 195 Å². The number of allylic oxidation sites excluding steroid dienone is 4. The van der Waals surface area contributed by atoms with Crippen molar-refractivity contribution in [3.63, 3.8) is 0 Å². The van der Waals surface area contributed by atoms with Crippen LogP contribution in [0.1, 0.15) is 183 Å². The van der Waals surface area contributed by atoms with Crippen LogP contribution in [-0.4, -0.2) is 23.4 Å². The van der Waals surface area contributed by atoms with E-state index in [1.54, 1.807) is 5.57 Å². The molecule has 0 radical (unpaired) electrons. The summed E-state index contributed by atoms with van der Waals surface area (Å²) in [5.74, 6) is 5.14. The van der Waals surface area contributed by atoms with Gasteiger partial charge in [0.1, 0.15) is 12.2 Å². The molecule has 0 aliphatic heterocycles. The minimum absolute atomic E-state index is 0.00235. The molecule has 0 heterocycles. The zero-order valence-corrected chi connectivity index (χ0v) is 32.7. The van der Waals surface area contributed by atoms with Crippen molar-refractivity contribution >= 4 is 5.97 Å². The van der Waals surface area contributed by atoms with Crippen molar-refractivity contribution < 1.29 is 19.7 Å². The number of hydrogen-bond acceptors (Lipinski definition) is 4. The maximum Gasteiger partial charge on any atom is 0.306 e. The Bertz CT molecular complexity index is 1070. The highest BCUT2D eigenvalue weighted by Gasteiger charge is 2.59. The van der Waals surface area contributed by atoms with Gasteiger partial charge in [-0.15, -0.1) is 0 Å². The topological polar surface area (TPSA) is 55.8 Å². The fraction of sp³-hybridized carbons (Fsp3) is 0.844. The molecule has 0 spiro atoms. The van der Waals surface area contributed by atoms with E-state index in [1.807, 2.05) is 12.2 Å². The van der Waals surface area contributed by atoms with E-state index in [9.17, 15) is 10.1 Å². The van der Waals surface area contributed by atoms with E-state index in [2.05, 4.69) is 64.7 Å². The second-order valence-corrected chi connectivity index (χ2v) is 17.9. The number of carbonyl (C=O) groups excluding carboxylic acids is 1. The molecular weight excluding hydrogens is 604 g/mol. The van der Waals surface area contributed by atoms with Gasteiger partial charge in [-0.2, -0.15) is 0 Å². The van der Waals surface area contributed by atoms with Gasteiger partial charge in [0, 0.05) is 12.8 Å². The third-order valence-electron chi connectivity index (χ3n) is 14.1. The quantitative estimate of drug-likeness (QED) is 0.0327. The molecule has 3 fully saturated rings. The average Bonchev–Trinajstić information content (AvgIpc) is 3.43. The molecule has 0 aromatic carbocycles. The summed E-state index contributed by atoms with van der Waals surface area (Å²) < 4.78 is 6.10. The third kappa shape index (κ3) is 11.1. The average molecular weight is 681 g/mol. The molecule has 4 aliphatic rings. The van der Waals surface area contributed by atoms with E-state index in [-0.39, 0.29) is 18.2 Å². The molecule has 4 heteroatoms. The zero-order chi connectivity index (χ0) is 35.3. The van der Waals surface area contributed by atoms with Gasteiger partial charge in [0.25, 0.3) is 0 Å². The van der Waals surface area contributed by atoms with Crippen LogP contribution in [0.4, 0.5) is 0 Å². The lowest BCUT2D eigenvalue weighted by molar-refractivity contribution is -0.267. The van der Waals surface area contributed by atoms with E-state index in [0.717, 1.165) is 93.3 Å². The van der Waals surface area contributed by atoms with Gasteiger partial charge in [0.15, 0.2) is 0 Å². The Morgan fingerprint density at radius 2 is 1.69 bits per heavy atom. The number of esters is 1. The monoisotopic (exact) mass is 681 g/mol. The zero-order valence-electron chi connectivity index (χ0n) is 32.7. The van der Waals surface area contributed by atoms with Crippen molar-refractivity contribution in [2.75, 3.05) is 0 Å². The molecular formula is C45H76O4. The van der Waals surface area contributed by atoms with Crippen LogP contribution in [-0.2, 0) is 14.4 Å². The molecule has 49 heavy (non-hydrogen) atoms. The molecule has 0 unspecified atom stereocenters. The summed E-state index contributed by atoms with van der Waals surface area (Å²) in [6.07, 6.45) is 36.3. The number of unbranched alkanes of at least 4 members (excludes halogenated alkanes) is 7. The molecule has 9 atom stereocenters. The molecule has 0 aromatic heterocycles. The van der Waals surface area contributed by atoms with E-state index in [4.69, 9.17) is 4.74 Å². The Labute approximate surface area is 302 Å². The molecule has 280 valence electrons. The third-order valence-corrected chi connectivity index (χ3v) is 14.1. The molecule has 4 rings (SSSR count). The maximum atomic E-state index is 12.8. The summed E-state index contributed by atoms with van der Waals surface area (Å²) in [5, 5.41) is 9.24. The normalized spacial score (nSPS) is 32.6. The van der Waals surface area contributed by atoms with Crippen molar-refractivity contribution in [2.24, 2.45) is 46.3 Å². The summed E-state index contributed by atoms with van der Waals surface area (Å²) in [6.45, 7) is 14.8. The van der Waals surface area contributed by atoms with Gasteiger partial charge < -0.3 is 4.74 Å². The lowest BCUT2D eigenvalue weighted by atomic mass is 9.47. The minimum atomic E-state index is -0.246.